The molecule has 0 aromatic carbocycles. The van der Waals surface area contributed by atoms with E-state index < -0.39 is 0 Å². The van der Waals surface area contributed by atoms with Crippen molar-refractivity contribution in [3.05, 3.63) is 5.82 Å². The Kier molecular flexibility index (Phi) is 3.20. The zero-order valence-electron chi connectivity index (χ0n) is 10.1. The third-order valence-corrected chi connectivity index (χ3v) is 3.65. The van der Waals surface area contributed by atoms with Crippen molar-refractivity contribution >= 4 is 0 Å². The molecule has 0 bridgehead atoms. The van der Waals surface area contributed by atoms with Crippen LogP contribution in [0.2, 0.25) is 0 Å². The van der Waals surface area contributed by atoms with Gasteiger partial charge in [-0.25, -0.2) is 0 Å². The average Bonchev–Trinajstić information content (AvgIpc) is 2.88. The fourth-order valence-corrected chi connectivity index (χ4v) is 2.54. The predicted molar refractivity (Wildman–Crippen MR) is 60.5 cm³/mol. The lowest BCUT2D eigenvalue weighted by molar-refractivity contribution is 0.120. The number of rotatable bonds is 4. The van der Waals surface area contributed by atoms with Gasteiger partial charge in [0.25, 0.3) is 0 Å². The second-order valence-electron chi connectivity index (χ2n) is 4.69. The van der Waals surface area contributed by atoms with Crippen LogP contribution in [0, 0.1) is 0 Å². The second-order valence-corrected chi connectivity index (χ2v) is 4.69. The van der Waals surface area contributed by atoms with Crippen LogP contribution in [0.5, 0.6) is 0 Å². The van der Waals surface area contributed by atoms with Crippen LogP contribution < -0.4 is 5.73 Å². The lowest BCUT2D eigenvalue weighted by Crippen LogP contribution is -2.49. The minimum Gasteiger partial charge on any atom is -0.329 e. The summed E-state index contributed by atoms with van der Waals surface area (Å²) in [6.07, 6.45) is 4.91. The van der Waals surface area contributed by atoms with Gasteiger partial charge in [0, 0.05) is 12.1 Å². The molecule has 6 nitrogen and oxygen atoms in total. The maximum atomic E-state index is 5.93. The third-order valence-electron chi connectivity index (χ3n) is 3.65. The number of aryl methyl sites for hydroxylation is 1. The van der Waals surface area contributed by atoms with Crippen molar-refractivity contribution in [2.24, 2.45) is 12.8 Å². The van der Waals surface area contributed by atoms with Gasteiger partial charge < -0.3 is 5.73 Å². The van der Waals surface area contributed by atoms with Gasteiger partial charge >= 0.3 is 0 Å². The van der Waals surface area contributed by atoms with Gasteiger partial charge in [-0.2, -0.15) is 4.80 Å². The Labute approximate surface area is 95.8 Å². The van der Waals surface area contributed by atoms with Crippen molar-refractivity contribution in [1.29, 1.82) is 0 Å². The quantitative estimate of drug-likeness (QED) is 0.774. The van der Waals surface area contributed by atoms with E-state index >= 15 is 0 Å². The number of hydrogen-bond acceptors (Lipinski definition) is 5. The van der Waals surface area contributed by atoms with Crippen LogP contribution in [0.1, 0.15) is 31.5 Å². The molecule has 1 aromatic heterocycles. The lowest BCUT2D eigenvalue weighted by atomic mass is 9.96. The molecule has 0 amide bonds. The molecular weight excluding hydrogens is 204 g/mol. The number of aromatic nitrogens is 4. The molecular formula is C10H20N6. The largest absolute Gasteiger partial charge is 0.329 e. The van der Waals surface area contributed by atoms with E-state index in [0.29, 0.717) is 6.54 Å². The van der Waals surface area contributed by atoms with Gasteiger partial charge in [0.15, 0.2) is 5.82 Å². The maximum Gasteiger partial charge on any atom is 0.188 e. The summed E-state index contributed by atoms with van der Waals surface area (Å²) < 4.78 is 0. The highest BCUT2D eigenvalue weighted by Crippen LogP contribution is 2.34. The molecule has 1 heterocycles. The summed E-state index contributed by atoms with van der Waals surface area (Å²) in [5.74, 6) is 0.768. The Morgan fingerprint density at radius 3 is 2.62 bits per heavy atom. The molecule has 0 aliphatic heterocycles. The van der Waals surface area contributed by atoms with E-state index in [1.807, 2.05) is 0 Å². The Bertz CT molecular complexity index is 341. The van der Waals surface area contributed by atoms with Gasteiger partial charge in [0.05, 0.1) is 13.6 Å². The number of nitrogens with zero attached hydrogens (tertiary/aromatic N) is 5. The van der Waals surface area contributed by atoms with Gasteiger partial charge in [0.1, 0.15) is 0 Å². The highest BCUT2D eigenvalue weighted by molar-refractivity contribution is 4.96. The standard InChI is InChI=1S/C10H20N6/c1-15(7-9-12-14-16(2)13-9)10(8-11)5-3-4-6-10/h3-8,11H2,1-2H3. The molecule has 1 fully saturated rings. The molecule has 0 atom stereocenters. The second kappa shape index (κ2) is 4.47. The molecule has 1 aliphatic carbocycles. The van der Waals surface area contributed by atoms with Crippen LogP contribution >= 0.6 is 0 Å². The van der Waals surface area contributed by atoms with Gasteiger partial charge in [0.2, 0.25) is 0 Å². The summed E-state index contributed by atoms with van der Waals surface area (Å²) in [5.41, 5.74) is 6.08. The molecule has 90 valence electrons. The molecule has 1 aliphatic rings. The van der Waals surface area contributed by atoms with Crippen LogP contribution in [0.3, 0.4) is 0 Å². The number of nitrogens with two attached hydrogens (primary N) is 1. The molecule has 1 aromatic rings. The summed E-state index contributed by atoms with van der Waals surface area (Å²) in [7, 11) is 3.89. The van der Waals surface area contributed by atoms with E-state index in [0.717, 1.165) is 12.4 Å². The minimum atomic E-state index is 0.152. The van der Waals surface area contributed by atoms with Gasteiger partial charge in [-0.05, 0) is 25.1 Å². The normalized spacial score (nSPS) is 19.5. The molecule has 2 N–H and O–H groups in total. The summed E-state index contributed by atoms with van der Waals surface area (Å²) in [5, 5.41) is 12.1. The number of tetrazole rings is 1. The highest BCUT2D eigenvalue weighted by Gasteiger charge is 2.36. The van der Waals surface area contributed by atoms with Crippen molar-refractivity contribution in [1.82, 2.24) is 25.1 Å². The topological polar surface area (TPSA) is 72.9 Å². The van der Waals surface area contributed by atoms with E-state index in [-0.39, 0.29) is 5.54 Å². The van der Waals surface area contributed by atoms with E-state index in [2.05, 4.69) is 27.4 Å². The highest BCUT2D eigenvalue weighted by atomic mass is 15.6. The number of likely N-dealkylation sites (N-methyl/N-ethyl adjacent to an activating group) is 1. The summed E-state index contributed by atoms with van der Waals surface area (Å²) in [6.45, 7) is 1.44. The van der Waals surface area contributed by atoms with Crippen molar-refractivity contribution in [3.63, 3.8) is 0 Å². The Morgan fingerprint density at radius 2 is 2.12 bits per heavy atom. The van der Waals surface area contributed by atoms with Gasteiger partial charge in [-0.15, -0.1) is 10.2 Å². The maximum absolute atomic E-state index is 5.93. The zero-order chi connectivity index (χ0) is 11.6. The van der Waals surface area contributed by atoms with Gasteiger partial charge in [-0.1, -0.05) is 12.8 Å². The summed E-state index contributed by atoms with van der Waals surface area (Å²) >= 11 is 0. The third kappa shape index (κ3) is 2.08. The molecule has 6 heteroatoms. The molecule has 0 radical (unpaired) electrons. The van der Waals surface area contributed by atoms with E-state index in [4.69, 9.17) is 5.73 Å². The monoisotopic (exact) mass is 224 g/mol. The van der Waals surface area contributed by atoms with Crippen LogP contribution in [0.4, 0.5) is 0 Å². The molecule has 16 heavy (non-hydrogen) atoms. The molecule has 0 spiro atoms. The lowest BCUT2D eigenvalue weighted by Gasteiger charge is -2.37. The Balaban J connectivity index is 2.03. The fraction of sp³-hybridized carbons (Fsp3) is 0.900. The van der Waals surface area contributed by atoms with Crippen LogP contribution in [0.25, 0.3) is 0 Å². The fourth-order valence-electron chi connectivity index (χ4n) is 2.54. The summed E-state index contributed by atoms with van der Waals surface area (Å²) in [4.78, 5) is 3.78. The first-order valence-electron chi connectivity index (χ1n) is 5.80. The Hall–Kier alpha value is -1.01. The van der Waals surface area contributed by atoms with Crippen LogP contribution in [-0.2, 0) is 13.6 Å². The molecule has 0 unspecified atom stereocenters. The SMILES string of the molecule is CN(Cc1nnn(C)n1)C1(CN)CCCC1. The first kappa shape index (κ1) is 11.5. The molecule has 2 rings (SSSR count). The van der Waals surface area contributed by atoms with E-state index in [1.165, 1.54) is 30.5 Å². The summed E-state index contributed by atoms with van der Waals surface area (Å²) in [6, 6.07) is 0. The van der Waals surface area contributed by atoms with Crippen molar-refractivity contribution in [2.45, 2.75) is 37.8 Å². The molecule has 0 saturated heterocycles. The number of hydrogen-bond donors (Lipinski definition) is 1. The van der Waals surface area contributed by atoms with Crippen molar-refractivity contribution in [2.75, 3.05) is 13.6 Å². The molecule has 1 saturated carbocycles. The zero-order valence-corrected chi connectivity index (χ0v) is 10.1. The van der Waals surface area contributed by atoms with Crippen LogP contribution in [0.15, 0.2) is 0 Å². The smallest absolute Gasteiger partial charge is 0.188 e. The van der Waals surface area contributed by atoms with Crippen LogP contribution in [-0.4, -0.2) is 44.2 Å². The van der Waals surface area contributed by atoms with Crippen molar-refractivity contribution < 1.29 is 0 Å². The van der Waals surface area contributed by atoms with E-state index in [1.54, 1.807) is 7.05 Å². The minimum absolute atomic E-state index is 0.152. The average molecular weight is 224 g/mol. The predicted octanol–water partition coefficient (Wildman–Crippen LogP) is -0.0866. The Morgan fingerprint density at radius 1 is 1.44 bits per heavy atom. The first-order chi connectivity index (χ1) is 7.66. The van der Waals surface area contributed by atoms with Crippen molar-refractivity contribution in [3.8, 4) is 0 Å². The van der Waals surface area contributed by atoms with Gasteiger partial charge in [-0.3, -0.25) is 4.90 Å². The van der Waals surface area contributed by atoms with E-state index in [9.17, 15) is 0 Å². The first-order valence-corrected chi connectivity index (χ1v) is 5.80.